The summed E-state index contributed by atoms with van der Waals surface area (Å²) >= 11 is 18.6. The van der Waals surface area contributed by atoms with E-state index in [4.69, 9.17) is 34.8 Å². The zero-order valence-electron chi connectivity index (χ0n) is 8.41. The van der Waals surface area contributed by atoms with Crippen molar-refractivity contribution in [1.82, 2.24) is 4.98 Å². The van der Waals surface area contributed by atoms with Crippen LogP contribution in [0.25, 0.3) is 10.6 Å². The molecular formula is C11H6Cl3NOS. The lowest BCUT2D eigenvalue weighted by molar-refractivity contribution is 0.101. The first kappa shape index (κ1) is 12.8. The van der Waals surface area contributed by atoms with Crippen LogP contribution in [-0.2, 0) is 0 Å². The van der Waals surface area contributed by atoms with Crippen molar-refractivity contribution in [1.29, 1.82) is 0 Å². The van der Waals surface area contributed by atoms with Crippen LogP contribution in [0.3, 0.4) is 0 Å². The number of hydrogen-bond acceptors (Lipinski definition) is 3. The Bertz CT molecular complexity index is 568. The third kappa shape index (κ3) is 2.80. The zero-order valence-corrected chi connectivity index (χ0v) is 11.5. The van der Waals surface area contributed by atoms with Gasteiger partial charge in [0.15, 0.2) is 5.78 Å². The Balaban J connectivity index is 2.37. The van der Waals surface area contributed by atoms with Crippen molar-refractivity contribution in [2.45, 2.75) is 0 Å². The van der Waals surface area contributed by atoms with Gasteiger partial charge in [-0.15, -0.1) is 22.9 Å². The van der Waals surface area contributed by atoms with Gasteiger partial charge in [0, 0.05) is 10.9 Å². The van der Waals surface area contributed by atoms with Crippen molar-refractivity contribution in [2.75, 3.05) is 5.88 Å². The number of benzene rings is 1. The van der Waals surface area contributed by atoms with Crippen molar-refractivity contribution >= 4 is 51.9 Å². The van der Waals surface area contributed by atoms with Crippen molar-refractivity contribution < 1.29 is 4.79 Å². The van der Waals surface area contributed by atoms with E-state index in [2.05, 4.69) is 4.98 Å². The Morgan fingerprint density at radius 2 is 2.06 bits per heavy atom. The molecule has 0 amide bonds. The number of rotatable bonds is 3. The number of ketones is 1. The summed E-state index contributed by atoms with van der Waals surface area (Å²) in [5, 5.41) is 3.35. The molecule has 0 spiro atoms. The summed E-state index contributed by atoms with van der Waals surface area (Å²) in [7, 11) is 0. The van der Waals surface area contributed by atoms with Gasteiger partial charge in [-0.2, -0.15) is 0 Å². The van der Waals surface area contributed by atoms with Gasteiger partial charge in [-0.3, -0.25) is 4.79 Å². The maximum atomic E-state index is 11.3. The normalized spacial score (nSPS) is 10.5. The van der Waals surface area contributed by atoms with E-state index in [1.54, 1.807) is 17.5 Å². The third-order valence-corrected chi connectivity index (χ3v) is 3.95. The van der Waals surface area contributed by atoms with E-state index in [-0.39, 0.29) is 11.7 Å². The molecule has 2 rings (SSSR count). The molecule has 0 unspecified atom stereocenters. The third-order valence-electron chi connectivity index (χ3n) is 2.08. The molecule has 0 atom stereocenters. The maximum Gasteiger partial charge on any atom is 0.196 e. The van der Waals surface area contributed by atoms with Crippen LogP contribution in [-0.4, -0.2) is 16.6 Å². The molecule has 0 bridgehead atoms. The highest BCUT2D eigenvalue weighted by Crippen LogP contribution is 2.30. The fourth-order valence-corrected chi connectivity index (χ4v) is 2.49. The Labute approximate surface area is 117 Å². The predicted octanol–water partition coefficient (Wildman–Crippen LogP) is 4.54. The van der Waals surface area contributed by atoms with Crippen LogP contribution < -0.4 is 0 Å². The molecule has 0 aliphatic carbocycles. The van der Waals surface area contributed by atoms with E-state index >= 15 is 0 Å². The Morgan fingerprint density at radius 3 is 2.71 bits per heavy atom. The number of carbonyl (C=O) groups excluding carboxylic acids is 1. The largest absolute Gasteiger partial charge is 0.291 e. The molecule has 0 radical (unpaired) electrons. The summed E-state index contributed by atoms with van der Waals surface area (Å²) in [6, 6.07) is 5.23. The van der Waals surface area contributed by atoms with Crippen LogP contribution in [0.15, 0.2) is 23.6 Å². The van der Waals surface area contributed by atoms with E-state index in [1.165, 1.54) is 11.3 Å². The molecule has 2 aromatic rings. The van der Waals surface area contributed by atoms with Crippen molar-refractivity contribution in [3.05, 3.63) is 39.3 Å². The highest BCUT2D eigenvalue weighted by Gasteiger charge is 2.11. The van der Waals surface area contributed by atoms with Gasteiger partial charge in [-0.25, -0.2) is 4.98 Å². The van der Waals surface area contributed by atoms with Crippen LogP contribution in [0.5, 0.6) is 0 Å². The molecule has 2 nitrogen and oxygen atoms in total. The second-order valence-corrected chi connectivity index (χ2v) is 5.16. The van der Waals surface area contributed by atoms with Gasteiger partial charge in [0.25, 0.3) is 0 Å². The second-order valence-electron chi connectivity index (χ2n) is 3.22. The van der Waals surface area contributed by atoms with Crippen molar-refractivity contribution in [2.24, 2.45) is 0 Å². The fourth-order valence-electron chi connectivity index (χ4n) is 1.23. The number of carbonyl (C=O) groups is 1. The first-order valence-electron chi connectivity index (χ1n) is 4.62. The predicted molar refractivity (Wildman–Crippen MR) is 72.6 cm³/mol. The van der Waals surface area contributed by atoms with Crippen LogP contribution >= 0.6 is 46.1 Å². The lowest BCUT2D eigenvalue weighted by Gasteiger charge is -1.98. The molecule has 1 heterocycles. The smallest absolute Gasteiger partial charge is 0.196 e. The van der Waals surface area contributed by atoms with Crippen LogP contribution in [0, 0.1) is 0 Å². The van der Waals surface area contributed by atoms with E-state index in [0.29, 0.717) is 15.7 Å². The summed E-state index contributed by atoms with van der Waals surface area (Å²) in [6.07, 6.45) is 0. The number of Topliss-reactive ketones (excluding diaryl/α,β-unsaturated/α-hetero) is 1. The molecule has 0 aliphatic heterocycles. The van der Waals surface area contributed by atoms with Crippen molar-refractivity contribution in [3.63, 3.8) is 0 Å². The first-order chi connectivity index (χ1) is 8.11. The number of thiazole rings is 1. The van der Waals surface area contributed by atoms with Gasteiger partial charge in [0.05, 0.1) is 15.9 Å². The number of aromatic nitrogens is 1. The average Bonchev–Trinajstić information content (AvgIpc) is 2.81. The summed E-state index contributed by atoms with van der Waals surface area (Å²) in [5.74, 6) is -0.251. The zero-order chi connectivity index (χ0) is 12.4. The minimum absolute atomic E-state index is 0.0649. The molecule has 1 aromatic carbocycles. The lowest BCUT2D eigenvalue weighted by Crippen LogP contribution is -1.99. The van der Waals surface area contributed by atoms with Gasteiger partial charge < -0.3 is 0 Å². The SMILES string of the molecule is O=C(CCl)c1csc(-c2ccc(Cl)c(Cl)c2)n1. The Morgan fingerprint density at radius 1 is 1.29 bits per heavy atom. The highest BCUT2D eigenvalue weighted by atomic mass is 35.5. The van der Waals surface area contributed by atoms with Crippen LogP contribution in [0.1, 0.15) is 10.5 Å². The molecule has 0 saturated heterocycles. The number of nitrogens with zero attached hydrogens (tertiary/aromatic N) is 1. The van der Waals surface area contributed by atoms with E-state index in [0.717, 1.165) is 10.6 Å². The fraction of sp³-hybridized carbons (Fsp3) is 0.0909. The number of alkyl halides is 1. The van der Waals surface area contributed by atoms with Gasteiger partial charge >= 0.3 is 0 Å². The van der Waals surface area contributed by atoms with E-state index in [1.807, 2.05) is 6.07 Å². The van der Waals surface area contributed by atoms with Gasteiger partial charge in [0.2, 0.25) is 0 Å². The topological polar surface area (TPSA) is 30.0 Å². The number of hydrogen-bond donors (Lipinski definition) is 0. The molecule has 17 heavy (non-hydrogen) atoms. The molecule has 88 valence electrons. The van der Waals surface area contributed by atoms with Crippen LogP contribution in [0.4, 0.5) is 0 Å². The minimum atomic E-state index is -0.186. The summed E-state index contributed by atoms with van der Waals surface area (Å²) in [5.41, 5.74) is 1.21. The standard InChI is InChI=1S/C11H6Cl3NOS/c12-4-10(16)9-5-17-11(15-9)6-1-2-7(13)8(14)3-6/h1-3,5H,4H2. The molecule has 1 aromatic heterocycles. The Hall–Kier alpha value is -0.610. The van der Waals surface area contributed by atoms with Gasteiger partial charge in [-0.05, 0) is 12.1 Å². The molecule has 6 heteroatoms. The Kier molecular flexibility index (Phi) is 4.05. The second kappa shape index (κ2) is 5.36. The maximum absolute atomic E-state index is 11.3. The summed E-state index contributed by atoms with van der Waals surface area (Å²) < 4.78 is 0. The molecule has 0 N–H and O–H groups in total. The van der Waals surface area contributed by atoms with Gasteiger partial charge in [0.1, 0.15) is 10.7 Å². The van der Waals surface area contributed by atoms with Crippen molar-refractivity contribution in [3.8, 4) is 10.6 Å². The highest BCUT2D eigenvalue weighted by molar-refractivity contribution is 7.13. The quantitative estimate of drug-likeness (QED) is 0.615. The first-order valence-corrected chi connectivity index (χ1v) is 6.79. The monoisotopic (exact) mass is 305 g/mol. The summed E-state index contributed by atoms with van der Waals surface area (Å²) in [6.45, 7) is 0. The summed E-state index contributed by atoms with van der Waals surface area (Å²) in [4.78, 5) is 15.5. The molecular weight excluding hydrogens is 301 g/mol. The number of halogens is 3. The lowest BCUT2D eigenvalue weighted by atomic mass is 10.2. The van der Waals surface area contributed by atoms with E-state index < -0.39 is 0 Å². The molecule has 0 saturated carbocycles. The van der Waals surface area contributed by atoms with E-state index in [9.17, 15) is 4.79 Å². The minimum Gasteiger partial charge on any atom is -0.291 e. The average molecular weight is 307 g/mol. The van der Waals surface area contributed by atoms with Gasteiger partial charge in [-0.1, -0.05) is 29.3 Å². The molecule has 0 fully saturated rings. The molecule has 0 aliphatic rings. The van der Waals surface area contributed by atoms with Crippen LogP contribution in [0.2, 0.25) is 10.0 Å².